The number of nitrogens with zero attached hydrogens (tertiary/aromatic N) is 3. The number of fused-ring (bicyclic) bond motifs is 1. The molecule has 3 heterocycles. The lowest BCUT2D eigenvalue weighted by Crippen LogP contribution is -2.36. The Morgan fingerprint density at radius 3 is 2.51 bits per heavy atom. The van der Waals surface area contributed by atoms with Gasteiger partial charge < -0.3 is 9.47 Å². The Balaban J connectivity index is 1.40. The minimum atomic E-state index is -0.544. The van der Waals surface area contributed by atoms with Gasteiger partial charge in [0.05, 0.1) is 12.8 Å². The first-order chi connectivity index (χ1) is 17.7. The number of para-hydroxylation sites is 1. The molecule has 0 N–H and O–H groups in total. The second-order valence-electron chi connectivity index (χ2n) is 11.1. The Kier molecular flexibility index (Phi) is 6.95. The zero-order valence-electron chi connectivity index (χ0n) is 22.5. The molecule has 0 spiro atoms. The Labute approximate surface area is 220 Å². The number of hydrogen-bond donors (Lipinski definition) is 0. The van der Waals surface area contributed by atoms with Crippen LogP contribution in [-0.4, -0.2) is 41.8 Å². The van der Waals surface area contributed by atoms with E-state index in [1.54, 1.807) is 12.0 Å². The van der Waals surface area contributed by atoms with Gasteiger partial charge in [-0.05, 0) is 87.5 Å². The van der Waals surface area contributed by atoms with E-state index >= 15 is 0 Å². The van der Waals surface area contributed by atoms with Crippen LogP contribution in [0.25, 0.3) is 0 Å². The highest BCUT2D eigenvalue weighted by Crippen LogP contribution is 2.43. The lowest BCUT2D eigenvalue weighted by atomic mass is 9.92. The summed E-state index contributed by atoms with van der Waals surface area (Å²) in [7, 11) is 1.70. The molecular weight excluding hydrogens is 462 g/mol. The molecule has 1 fully saturated rings. The molecule has 6 heteroatoms. The molecule has 5 rings (SSSR count). The molecular formula is C31H37N3O3. The van der Waals surface area contributed by atoms with Gasteiger partial charge in [0.1, 0.15) is 11.4 Å². The number of ether oxygens (including phenoxy) is 2. The summed E-state index contributed by atoms with van der Waals surface area (Å²) in [5.74, 6) is 0.938. The first-order valence-corrected chi connectivity index (χ1v) is 13.2. The molecule has 0 bridgehead atoms. The van der Waals surface area contributed by atoms with Gasteiger partial charge in [-0.1, -0.05) is 36.4 Å². The van der Waals surface area contributed by atoms with E-state index in [0.717, 1.165) is 42.0 Å². The molecule has 6 nitrogen and oxygen atoms in total. The van der Waals surface area contributed by atoms with Crippen molar-refractivity contribution in [2.45, 2.75) is 64.1 Å². The fourth-order valence-corrected chi connectivity index (χ4v) is 5.72. The quantitative estimate of drug-likeness (QED) is 0.383. The van der Waals surface area contributed by atoms with E-state index in [4.69, 9.17) is 9.47 Å². The molecule has 3 atom stereocenters. The van der Waals surface area contributed by atoms with E-state index in [2.05, 4.69) is 41.1 Å². The summed E-state index contributed by atoms with van der Waals surface area (Å²) in [6.07, 6.45) is 5.93. The highest BCUT2D eigenvalue weighted by Gasteiger charge is 2.36. The van der Waals surface area contributed by atoms with Crippen molar-refractivity contribution < 1.29 is 14.3 Å². The molecule has 3 aromatic rings. The van der Waals surface area contributed by atoms with Gasteiger partial charge in [0.2, 0.25) is 0 Å². The Bertz CT molecular complexity index is 1250. The smallest absolute Gasteiger partial charge is 0.414 e. The summed E-state index contributed by atoms with van der Waals surface area (Å²) in [4.78, 5) is 22.1. The van der Waals surface area contributed by atoms with Crippen LogP contribution in [0.1, 0.15) is 80.8 Å². The molecule has 1 amide bonds. The lowest BCUT2D eigenvalue weighted by molar-refractivity contribution is 0.0583. The van der Waals surface area contributed by atoms with Gasteiger partial charge in [0.15, 0.2) is 0 Å². The standard InChI is InChI=1S/C31H37N3O3/c1-21(22-12-14-25(36-5)15-13-22)33-16-8-11-28(33)24-17-23(18-32-19-24)27-20-34(30(35)37-31(2,3)4)29-10-7-6-9-26(27)29/h6-7,9-10,12-15,17-19,21,27-28H,8,11,16,20H2,1-5H3/t21?,27?,28-/m0/s1. The Hall–Kier alpha value is -3.38. The Morgan fingerprint density at radius 2 is 1.78 bits per heavy atom. The minimum Gasteiger partial charge on any atom is -0.497 e. The van der Waals surface area contributed by atoms with Crippen LogP contribution in [0.4, 0.5) is 10.5 Å². The fourth-order valence-electron chi connectivity index (χ4n) is 5.72. The average molecular weight is 500 g/mol. The summed E-state index contributed by atoms with van der Waals surface area (Å²) in [6.45, 7) is 9.59. The predicted molar refractivity (Wildman–Crippen MR) is 146 cm³/mol. The molecule has 1 saturated heterocycles. The summed E-state index contributed by atoms with van der Waals surface area (Å²) < 4.78 is 11.1. The molecule has 2 aliphatic rings. The van der Waals surface area contributed by atoms with Gasteiger partial charge in [0, 0.05) is 36.9 Å². The molecule has 0 radical (unpaired) electrons. The van der Waals surface area contributed by atoms with Crippen LogP contribution in [-0.2, 0) is 4.74 Å². The van der Waals surface area contributed by atoms with Crippen LogP contribution in [0, 0.1) is 0 Å². The number of pyridine rings is 1. The van der Waals surface area contributed by atoms with Crippen molar-refractivity contribution >= 4 is 11.8 Å². The normalized spacial score (nSPS) is 20.5. The average Bonchev–Trinajstić information content (AvgIpc) is 3.53. The van der Waals surface area contributed by atoms with Gasteiger partial charge >= 0.3 is 6.09 Å². The number of aromatic nitrogens is 1. The van der Waals surface area contributed by atoms with E-state index in [1.807, 2.05) is 63.5 Å². The van der Waals surface area contributed by atoms with E-state index < -0.39 is 5.60 Å². The molecule has 0 saturated carbocycles. The van der Waals surface area contributed by atoms with Crippen LogP contribution < -0.4 is 9.64 Å². The van der Waals surface area contributed by atoms with Crippen molar-refractivity contribution in [2.75, 3.05) is 25.1 Å². The van der Waals surface area contributed by atoms with Crippen molar-refractivity contribution in [1.29, 1.82) is 0 Å². The van der Waals surface area contributed by atoms with Crippen LogP contribution in [0.3, 0.4) is 0 Å². The number of carbonyl (C=O) groups excluding carboxylic acids is 1. The number of hydrogen-bond acceptors (Lipinski definition) is 5. The zero-order chi connectivity index (χ0) is 26.2. The van der Waals surface area contributed by atoms with Crippen LogP contribution in [0.5, 0.6) is 5.75 Å². The zero-order valence-corrected chi connectivity index (χ0v) is 22.5. The second kappa shape index (κ2) is 10.2. The highest BCUT2D eigenvalue weighted by atomic mass is 16.6. The molecule has 2 aromatic carbocycles. The van der Waals surface area contributed by atoms with Gasteiger partial charge in [-0.15, -0.1) is 0 Å². The van der Waals surface area contributed by atoms with Gasteiger partial charge in [0.25, 0.3) is 0 Å². The number of benzene rings is 2. The van der Waals surface area contributed by atoms with E-state index in [-0.39, 0.29) is 18.1 Å². The summed E-state index contributed by atoms with van der Waals surface area (Å²) in [5, 5.41) is 0. The van der Waals surface area contributed by atoms with E-state index in [1.165, 1.54) is 11.1 Å². The molecule has 2 unspecified atom stereocenters. The van der Waals surface area contributed by atoms with Crippen molar-refractivity contribution in [1.82, 2.24) is 9.88 Å². The maximum absolute atomic E-state index is 13.0. The van der Waals surface area contributed by atoms with Crippen LogP contribution in [0.2, 0.25) is 0 Å². The second-order valence-corrected chi connectivity index (χ2v) is 11.1. The monoisotopic (exact) mass is 499 g/mol. The number of rotatable bonds is 5. The molecule has 194 valence electrons. The lowest BCUT2D eigenvalue weighted by Gasteiger charge is -2.31. The third kappa shape index (κ3) is 5.21. The molecule has 0 aliphatic carbocycles. The van der Waals surface area contributed by atoms with Crippen molar-refractivity contribution in [3.63, 3.8) is 0 Å². The van der Waals surface area contributed by atoms with Gasteiger partial charge in [-0.25, -0.2) is 4.79 Å². The number of likely N-dealkylation sites (tertiary alicyclic amines) is 1. The third-order valence-corrected chi connectivity index (χ3v) is 7.54. The maximum Gasteiger partial charge on any atom is 0.414 e. The van der Waals surface area contributed by atoms with E-state index in [9.17, 15) is 4.79 Å². The van der Waals surface area contributed by atoms with Crippen molar-refractivity contribution in [3.8, 4) is 5.75 Å². The van der Waals surface area contributed by atoms with Crippen LogP contribution in [0.15, 0.2) is 67.0 Å². The largest absolute Gasteiger partial charge is 0.497 e. The van der Waals surface area contributed by atoms with Crippen LogP contribution >= 0.6 is 0 Å². The molecule has 37 heavy (non-hydrogen) atoms. The summed E-state index contributed by atoms with van der Waals surface area (Å²) in [6, 6.07) is 19.4. The summed E-state index contributed by atoms with van der Waals surface area (Å²) in [5.41, 5.74) is 5.18. The topological polar surface area (TPSA) is 54.9 Å². The Morgan fingerprint density at radius 1 is 1.05 bits per heavy atom. The SMILES string of the molecule is COc1ccc(C(C)N2CCC[C@H]2c2cncc(C3CN(C(=O)OC(C)(C)C)c4ccccc43)c2)cc1. The number of carbonyl (C=O) groups is 1. The fraction of sp³-hybridized carbons (Fsp3) is 0.419. The summed E-state index contributed by atoms with van der Waals surface area (Å²) >= 11 is 0. The van der Waals surface area contributed by atoms with E-state index in [0.29, 0.717) is 12.6 Å². The minimum absolute atomic E-state index is 0.0602. The predicted octanol–water partition coefficient (Wildman–Crippen LogP) is 6.88. The number of anilines is 1. The number of amides is 1. The highest BCUT2D eigenvalue weighted by molar-refractivity contribution is 5.91. The maximum atomic E-state index is 13.0. The van der Waals surface area contributed by atoms with Crippen molar-refractivity contribution in [3.05, 3.63) is 89.2 Å². The third-order valence-electron chi connectivity index (χ3n) is 7.54. The number of methoxy groups -OCH3 is 1. The molecule has 2 aliphatic heterocycles. The first-order valence-electron chi connectivity index (χ1n) is 13.2. The van der Waals surface area contributed by atoms with Gasteiger partial charge in [-0.3, -0.25) is 14.8 Å². The van der Waals surface area contributed by atoms with Gasteiger partial charge in [-0.2, -0.15) is 0 Å². The molecule has 1 aromatic heterocycles. The van der Waals surface area contributed by atoms with Crippen molar-refractivity contribution in [2.24, 2.45) is 0 Å². The first kappa shape index (κ1) is 25.3.